The van der Waals surface area contributed by atoms with Crippen LogP contribution in [0.4, 0.5) is 0 Å². The highest BCUT2D eigenvalue weighted by Gasteiger charge is 2.24. The van der Waals surface area contributed by atoms with Crippen molar-refractivity contribution in [3.63, 3.8) is 0 Å². The molecule has 26 heavy (non-hydrogen) atoms. The first kappa shape index (κ1) is 16.6. The summed E-state index contributed by atoms with van der Waals surface area (Å²) in [7, 11) is 0. The maximum absolute atomic E-state index is 12.6. The lowest BCUT2D eigenvalue weighted by atomic mass is 9.89. The maximum Gasteiger partial charge on any atom is 0.256 e. The predicted molar refractivity (Wildman–Crippen MR) is 101 cm³/mol. The van der Waals surface area contributed by atoms with Gasteiger partial charge >= 0.3 is 0 Å². The third-order valence-electron chi connectivity index (χ3n) is 5.12. The van der Waals surface area contributed by atoms with Gasteiger partial charge in [-0.3, -0.25) is 9.78 Å². The van der Waals surface area contributed by atoms with E-state index in [4.69, 9.17) is 0 Å². The zero-order valence-corrected chi connectivity index (χ0v) is 14.9. The summed E-state index contributed by atoms with van der Waals surface area (Å²) in [4.78, 5) is 27.1. The van der Waals surface area contributed by atoms with Gasteiger partial charge in [0.2, 0.25) is 0 Å². The number of aryl methyl sites for hydroxylation is 1. The van der Waals surface area contributed by atoms with Gasteiger partial charge in [0.1, 0.15) is 5.82 Å². The molecule has 1 fully saturated rings. The van der Waals surface area contributed by atoms with E-state index in [1.807, 2.05) is 24.1 Å². The van der Waals surface area contributed by atoms with E-state index in [0.717, 1.165) is 37.9 Å². The number of benzene rings is 1. The Morgan fingerprint density at radius 2 is 1.88 bits per heavy atom. The fraction of sp³-hybridized carbons (Fsp3) is 0.333. The summed E-state index contributed by atoms with van der Waals surface area (Å²) in [5, 5.41) is 1.19. The summed E-state index contributed by atoms with van der Waals surface area (Å²) in [5.74, 6) is 1.34. The number of piperidine rings is 1. The number of amides is 1. The van der Waals surface area contributed by atoms with Crippen LogP contribution in [0.25, 0.3) is 10.9 Å². The molecule has 0 atom stereocenters. The van der Waals surface area contributed by atoms with Crippen molar-refractivity contribution < 1.29 is 4.79 Å². The van der Waals surface area contributed by atoms with Gasteiger partial charge in [0, 0.05) is 37.1 Å². The van der Waals surface area contributed by atoms with Crippen LogP contribution in [0.3, 0.4) is 0 Å². The first-order valence-electron chi connectivity index (χ1n) is 9.10. The minimum atomic E-state index is 0.0419. The molecule has 0 bridgehead atoms. The summed E-state index contributed by atoms with van der Waals surface area (Å²) in [6, 6.07) is 10.6. The van der Waals surface area contributed by atoms with E-state index in [1.54, 1.807) is 12.4 Å². The van der Waals surface area contributed by atoms with Crippen molar-refractivity contribution in [3.05, 3.63) is 65.9 Å². The normalized spacial score (nSPS) is 15.3. The molecule has 132 valence electrons. The van der Waals surface area contributed by atoms with E-state index in [1.165, 1.54) is 10.9 Å². The Morgan fingerprint density at radius 3 is 2.65 bits per heavy atom. The highest BCUT2D eigenvalue weighted by atomic mass is 16.2. The number of carbonyl (C=O) groups excluding carboxylic acids is 1. The molecule has 0 unspecified atom stereocenters. The van der Waals surface area contributed by atoms with Crippen LogP contribution >= 0.6 is 0 Å². The second-order valence-corrected chi connectivity index (χ2v) is 6.99. The Labute approximate surface area is 153 Å². The van der Waals surface area contributed by atoms with E-state index in [-0.39, 0.29) is 5.91 Å². The Kier molecular flexibility index (Phi) is 4.61. The van der Waals surface area contributed by atoms with Crippen molar-refractivity contribution in [2.45, 2.75) is 26.2 Å². The Balaban J connectivity index is 1.37. The van der Waals surface area contributed by atoms with Gasteiger partial charge in [-0.25, -0.2) is 9.97 Å². The Hall–Kier alpha value is -2.82. The first-order chi connectivity index (χ1) is 12.7. The highest BCUT2D eigenvalue weighted by molar-refractivity contribution is 5.93. The quantitative estimate of drug-likeness (QED) is 0.729. The largest absolute Gasteiger partial charge is 0.339 e. The number of likely N-dealkylation sites (tertiary alicyclic amines) is 1. The van der Waals surface area contributed by atoms with Crippen molar-refractivity contribution in [2.75, 3.05) is 13.1 Å². The fourth-order valence-electron chi connectivity index (χ4n) is 3.61. The zero-order valence-electron chi connectivity index (χ0n) is 14.9. The van der Waals surface area contributed by atoms with Crippen LogP contribution in [-0.2, 0) is 6.42 Å². The lowest BCUT2D eigenvalue weighted by Crippen LogP contribution is -2.39. The molecule has 3 heterocycles. The molecule has 0 saturated carbocycles. The van der Waals surface area contributed by atoms with Crippen LogP contribution in [0.15, 0.2) is 48.9 Å². The van der Waals surface area contributed by atoms with Gasteiger partial charge < -0.3 is 4.90 Å². The van der Waals surface area contributed by atoms with Crippen LogP contribution in [0.2, 0.25) is 0 Å². The van der Waals surface area contributed by atoms with Crippen molar-refractivity contribution in [3.8, 4) is 0 Å². The summed E-state index contributed by atoms with van der Waals surface area (Å²) >= 11 is 0. The van der Waals surface area contributed by atoms with E-state index < -0.39 is 0 Å². The third-order valence-corrected chi connectivity index (χ3v) is 5.12. The van der Waals surface area contributed by atoms with Gasteiger partial charge in [-0.05, 0) is 55.9 Å². The molecule has 1 saturated heterocycles. The molecule has 0 N–H and O–H groups in total. The number of rotatable bonds is 3. The lowest BCUT2D eigenvalue weighted by molar-refractivity contribution is 0.0689. The monoisotopic (exact) mass is 346 g/mol. The second kappa shape index (κ2) is 7.20. The minimum Gasteiger partial charge on any atom is -0.339 e. The first-order valence-corrected chi connectivity index (χ1v) is 9.10. The van der Waals surface area contributed by atoms with Crippen LogP contribution in [-0.4, -0.2) is 38.8 Å². The van der Waals surface area contributed by atoms with Gasteiger partial charge in [-0.1, -0.05) is 12.1 Å². The predicted octanol–water partition coefficient (Wildman–Crippen LogP) is 3.43. The van der Waals surface area contributed by atoms with Crippen LogP contribution < -0.4 is 0 Å². The summed E-state index contributed by atoms with van der Waals surface area (Å²) in [5.41, 5.74) is 2.97. The van der Waals surface area contributed by atoms with E-state index in [0.29, 0.717) is 17.3 Å². The summed E-state index contributed by atoms with van der Waals surface area (Å²) < 4.78 is 0. The number of nitrogens with zero attached hydrogens (tertiary/aromatic N) is 4. The molecular formula is C21H22N4O. The average molecular weight is 346 g/mol. The molecule has 4 rings (SSSR count). The number of hydrogen-bond donors (Lipinski definition) is 0. The molecule has 0 aliphatic carbocycles. The number of pyridine rings is 1. The van der Waals surface area contributed by atoms with E-state index in [9.17, 15) is 4.79 Å². The molecule has 5 nitrogen and oxygen atoms in total. The molecule has 1 aromatic carbocycles. The molecule has 5 heteroatoms. The van der Waals surface area contributed by atoms with Crippen LogP contribution in [0, 0.1) is 12.8 Å². The standard InChI is InChI=1S/C21H22N4O/c1-15-23-13-19(14-24-15)21(26)25-9-6-16(7-10-25)11-17-4-5-20-18(12-17)3-2-8-22-20/h2-5,8,12-14,16H,6-7,9-11H2,1H3. The Morgan fingerprint density at radius 1 is 1.12 bits per heavy atom. The van der Waals surface area contributed by atoms with Gasteiger partial charge in [0.05, 0.1) is 11.1 Å². The van der Waals surface area contributed by atoms with Crippen LogP contribution in [0.5, 0.6) is 0 Å². The number of hydrogen-bond acceptors (Lipinski definition) is 4. The van der Waals surface area contributed by atoms with Crippen molar-refractivity contribution >= 4 is 16.8 Å². The lowest BCUT2D eigenvalue weighted by Gasteiger charge is -2.32. The maximum atomic E-state index is 12.6. The molecule has 1 aliphatic rings. The SMILES string of the molecule is Cc1ncc(C(=O)N2CCC(Cc3ccc4ncccc4c3)CC2)cn1. The molecule has 1 aliphatic heterocycles. The van der Waals surface area contributed by atoms with Gasteiger partial charge in [0.25, 0.3) is 5.91 Å². The number of aromatic nitrogens is 3. The summed E-state index contributed by atoms with van der Waals surface area (Å²) in [6.45, 7) is 3.42. The molecule has 0 spiro atoms. The molecule has 0 radical (unpaired) electrons. The van der Waals surface area contributed by atoms with Gasteiger partial charge in [-0.15, -0.1) is 0 Å². The van der Waals surface area contributed by atoms with Crippen molar-refractivity contribution in [1.29, 1.82) is 0 Å². The van der Waals surface area contributed by atoms with Crippen molar-refractivity contribution in [1.82, 2.24) is 19.9 Å². The Bertz CT molecular complexity index is 915. The number of fused-ring (bicyclic) bond motifs is 1. The smallest absolute Gasteiger partial charge is 0.256 e. The third kappa shape index (κ3) is 3.57. The van der Waals surface area contributed by atoms with Gasteiger partial charge in [-0.2, -0.15) is 0 Å². The minimum absolute atomic E-state index is 0.0419. The van der Waals surface area contributed by atoms with Crippen molar-refractivity contribution in [2.24, 2.45) is 5.92 Å². The van der Waals surface area contributed by atoms with E-state index >= 15 is 0 Å². The molecule has 2 aromatic heterocycles. The molecule has 1 amide bonds. The molecular weight excluding hydrogens is 324 g/mol. The van der Waals surface area contributed by atoms with Crippen LogP contribution in [0.1, 0.15) is 34.6 Å². The topological polar surface area (TPSA) is 59.0 Å². The van der Waals surface area contributed by atoms with Gasteiger partial charge in [0.15, 0.2) is 0 Å². The highest BCUT2D eigenvalue weighted by Crippen LogP contribution is 2.24. The second-order valence-electron chi connectivity index (χ2n) is 6.99. The van der Waals surface area contributed by atoms with E-state index in [2.05, 4.69) is 39.2 Å². The number of carbonyl (C=O) groups is 1. The summed E-state index contributed by atoms with van der Waals surface area (Å²) in [6.07, 6.45) is 8.20. The average Bonchev–Trinajstić information content (AvgIpc) is 2.68. The molecule has 3 aromatic rings. The zero-order chi connectivity index (χ0) is 17.9. The fourth-order valence-corrected chi connectivity index (χ4v) is 3.61.